The molecule has 1 N–H and O–H groups in total. The average Bonchev–Trinajstić information content (AvgIpc) is 3.14. The van der Waals surface area contributed by atoms with Crippen molar-refractivity contribution in [1.29, 1.82) is 0 Å². The van der Waals surface area contributed by atoms with Crippen LogP contribution in [0.1, 0.15) is 89.5 Å². The van der Waals surface area contributed by atoms with Gasteiger partial charge in [0.2, 0.25) is 0 Å². The molecule has 0 saturated carbocycles. The van der Waals surface area contributed by atoms with E-state index in [0.717, 1.165) is 61.8 Å². The van der Waals surface area contributed by atoms with E-state index in [1.165, 1.54) is 5.56 Å². The van der Waals surface area contributed by atoms with E-state index < -0.39 is 17.7 Å². The average molecular weight is 584 g/mol. The fourth-order valence-corrected chi connectivity index (χ4v) is 5.21. The summed E-state index contributed by atoms with van der Waals surface area (Å²) in [5.41, 5.74) is 2.68. The van der Waals surface area contributed by atoms with Gasteiger partial charge in [-0.15, -0.1) is 0 Å². The maximum atomic E-state index is 13.4. The molecule has 0 aromatic heterocycles. The predicted molar refractivity (Wildman–Crippen MR) is 159 cm³/mol. The summed E-state index contributed by atoms with van der Waals surface area (Å²) in [5.74, 6) is -1.29. The van der Waals surface area contributed by atoms with Crippen LogP contribution in [0.15, 0.2) is 58.6 Å². The topological polar surface area (TPSA) is 60.9 Å². The molecular weight excluding hydrogens is 540 g/mol. The van der Waals surface area contributed by atoms with Gasteiger partial charge in [0.25, 0.3) is 11.7 Å². The van der Waals surface area contributed by atoms with Crippen LogP contribution in [-0.4, -0.2) is 52.8 Å². The van der Waals surface area contributed by atoms with Gasteiger partial charge in [-0.25, -0.2) is 0 Å². The van der Waals surface area contributed by atoms with Gasteiger partial charge in [-0.1, -0.05) is 99.8 Å². The van der Waals surface area contributed by atoms with Gasteiger partial charge in [-0.2, -0.15) is 0 Å². The molecule has 0 spiro atoms. The SMILES string of the molecule is CCCCN(CCCC)CCCN1C(=O)C(=O)C(=C(O)c2ccc(Br)cc2)C1c1ccc(C(C)(C)C)cc1. The van der Waals surface area contributed by atoms with Gasteiger partial charge in [-0.3, -0.25) is 9.59 Å². The Morgan fingerprint density at radius 3 is 1.97 bits per heavy atom. The summed E-state index contributed by atoms with van der Waals surface area (Å²) in [6.07, 6.45) is 5.38. The summed E-state index contributed by atoms with van der Waals surface area (Å²) in [6, 6.07) is 14.6. The molecule has 0 radical (unpaired) electrons. The van der Waals surface area contributed by atoms with E-state index in [1.54, 1.807) is 17.0 Å². The van der Waals surface area contributed by atoms with Crippen molar-refractivity contribution in [1.82, 2.24) is 9.80 Å². The minimum Gasteiger partial charge on any atom is -0.507 e. The highest BCUT2D eigenvalue weighted by molar-refractivity contribution is 9.10. The number of likely N-dealkylation sites (tertiary alicyclic amines) is 1. The molecule has 1 aliphatic rings. The second-order valence-corrected chi connectivity index (χ2v) is 12.2. The Kier molecular flexibility index (Phi) is 10.8. The number of carbonyl (C=O) groups is 2. The Morgan fingerprint density at radius 1 is 0.895 bits per heavy atom. The lowest BCUT2D eigenvalue weighted by atomic mass is 9.85. The highest BCUT2D eigenvalue weighted by Crippen LogP contribution is 2.40. The maximum Gasteiger partial charge on any atom is 0.295 e. The van der Waals surface area contributed by atoms with Crippen molar-refractivity contribution in [3.8, 4) is 0 Å². The van der Waals surface area contributed by atoms with Gasteiger partial charge >= 0.3 is 0 Å². The van der Waals surface area contributed by atoms with Crippen LogP contribution in [0.2, 0.25) is 0 Å². The van der Waals surface area contributed by atoms with E-state index in [2.05, 4.69) is 67.6 Å². The molecule has 206 valence electrons. The van der Waals surface area contributed by atoms with Crippen LogP contribution in [0.3, 0.4) is 0 Å². The Hall–Kier alpha value is -2.44. The van der Waals surface area contributed by atoms with Crippen molar-refractivity contribution in [2.45, 2.75) is 78.2 Å². The third kappa shape index (κ3) is 7.35. The number of hydrogen-bond donors (Lipinski definition) is 1. The first-order chi connectivity index (χ1) is 18.1. The van der Waals surface area contributed by atoms with E-state index in [4.69, 9.17) is 0 Å². The second kappa shape index (κ2) is 13.6. The summed E-state index contributed by atoms with van der Waals surface area (Å²) in [5, 5.41) is 11.3. The van der Waals surface area contributed by atoms with Gasteiger partial charge in [-0.05, 0) is 67.6 Å². The van der Waals surface area contributed by atoms with Crippen molar-refractivity contribution in [3.63, 3.8) is 0 Å². The zero-order valence-electron chi connectivity index (χ0n) is 23.6. The number of ketones is 1. The number of halogens is 1. The largest absolute Gasteiger partial charge is 0.507 e. The highest BCUT2D eigenvalue weighted by Gasteiger charge is 2.45. The zero-order valence-corrected chi connectivity index (χ0v) is 25.2. The van der Waals surface area contributed by atoms with E-state index in [0.29, 0.717) is 12.1 Å². The van der Waals surface area contributed by atoms with Crippen LogP contribution in [0.4, 0.5) is 0 Å². The number of aliphatic hydroxyl groups is 1. The van der Waals surface area contributed by atoms with Gasteiger partial charge in [0.1, 0.15) is 5.76 Å². The number of aliphatic hydroxyl groups excluding tert-OH is 1. The molecule has 0 bridgehead atoms. The zero-order chi connectivity index (χ0) is 27.9. The van der Waals surface area contributed by atoms with Crippen LogP contribution >= 0.6 is 15.9 Å². The quantitative estimate of drug-likeness (QED) is 0.160. The molecule has 38 heavy (non-hydrogen) atoms. The Labute approximate surface area is 237 Å². The first-order valence-corrected chi connectivity index (χ1v) is 14.7. The second-order valence-electron chi connectivity index (χ2n) is 11.3. The third-order valence-electron chi connectivity index (χ3n) is 7.28. The number of unbranched alkanes of at least 4 members (excludes halogenated alkanes) is 2. The van der Waals surface area contributed by atoms with Crippen molar-refractivity contribution < 1.29 is 14.7 Å². The van der Waals surface area contributed by atoms with E-state index in [-0.39, 0.29) is 16.7 Å². The lowest BCUT2D eigenvalue weighted by Crippen LogP contribution is -2.34. The number of nitrogens with zero attached hydrogens (tertiary/aromatic N) is 2. The number of hydrogen-bond acceptors (Lipinski definition) is 4. The smallest absolute Gasteiger partial charge is 0.295 e. The Bertz CT molecular complexity index is 1110. The maximum absolute atomic E-state index is 13.4. The molecule has 1 atom stereocenters. The first-order valence-electron chi connectivity index (χ1n) is 14.0. The van der Waals surface area contributed by atoms with Gasteiger partial charge in [0.05, 0.1) is 11.6 Å². The van der Waals surface area contributed by atoms with Crippen molar-refractivity contribution in [3.05, 3.63) is 75.3 Å². The lowest BCUT2D eigenvalue weighted by molar-refractivity contribution is -0.140. The van der Waals surface area contributed by atoms with Gasteiger partial charge in [0.15, 0.2) is 0 Å². The fraction of sp³-hybridized carbons (Fsp3) is 0.500. The predicted octanol–water partition coefficient (Wildman–Crippen LogP) is 7.46. The minimum absolute atomic E-state index is 0.0157. The molecule has 5 nitrogen and oxygen atoms in total. The summed E-state index contributed by atoms with van der Waals surface area (Å²) in [4.78, 5) is 30.8. The van der Waals surface area contributed by atoms with Crippen LogP contribution in [0.25, 0.3) is 5.76 Å². The molecule has 2 aromatic rings. The molecule has 6 heteroatoms. The van der Waals surface area contributed by atoms with Crippen molar-refractivity contribution in [2.75, 3.05) is 26.2 Å². The standard InChI is InChI=1S/C32H43BrN2O3/c1-6-8-19-34(20-9-7-2)21-10-22-35-28(23-11-15-25(16-12-23)32(3,4)5)27(30(37)31(35)38)29(36)24-13-17-26(33)18-14-24/h11-18,28,36H,6-10,19-22H2,1-5H3. The minimum atomic E-state index is -0.621. The fourth-order valence-electron chi connectivity index (χ4n) is 4.95. The Balaban J connectivity index is 1.95. The first kappa shape index (κ1) is 30.1. The van der Waals surface area contributed by atoms with Crippen LogP contribution in [-0.2, 0) is 15.0 Å². The van der Waals surface area contributed by atoms with E-state index >= 15 is 0 Å². The summed E-state index contributed by atoms with van der Waals surface area (Å²) >= 11 is 3.42. The number of rotatable bonds is 12. The van der Waals surface area contributed by atoms with E-state index in [1.807, 2.05) is 24.3 Å². The molecule has 3 rings (SSSR count). The molecule has 1 amide bonds. The van der Waals surface area contributed by atoms with Crippen molar-refractivity contribution in [2.24, 2.45) is 0 Å². The number of Topliss-reactive ketones (excluding diaryl/α,β-unsaturated/α-hetero) is 1. The summed E-state index contributed by atoms with van der Waals surface area (Å²) < 4.78 is 0.875. The number of amides is 1. The number of carbonyl (C=O) groups excluding carboxylic acids is 2. The van der Waals surface area contributed by atoms with Crippen LogP contribution in [0.5, 0.6) is 0 Å². The van der Waals surface area contributed by atoms with Gasteiger partial charge in [0, 0.05) is 16.6 Å². The summed E-state index contributed by atoms with van der Waals surface area (Å²) in [6.45, 7) is 14.3. The van der Waals surface area contributed by atoms with Crippen LogP contribution in [0, 0.1) is 0 Å². The molecule has 1 unspecified atom stereocenters. The van der Waals surface area contributed by atoms with Crippen molar-refractivity contribution >= 4 is 33.4 Å². The molecule has 1 fully saturated rings. The molecule has 1 saturated heterocycles. The Morgan fingerprint density at radius 2 is 1.45 bits per heavy atom. The highest BCUT2D eigenvalue weighted by atomic mass is 79.9. The van der Waals surface area contributed by atoms with Gasteiger partial charge < -0.3 is 14.9 Å². The molecule has 1 heterocycles. The molecule has 2 aromatic carbocycles. The van der Waals surface area contributed by atoms with Crippen LogP contribution < -0.4 is 0 Å². The molecule has 1 aliphatic heterocycles. The van der Waals surface area contributed by atoms with E-state index in [9.17, 15) is 14.7 Å². The number of benzene rings is 2. The third-order valence-corrected chi connectivity index (χ3v) is 7.81. The summed E-state index contributed by atoms with van der Waals surface area (Å²) in [7, 11) is 0. The molecule has 0 aliphatic carbocycles. The normalized spacial score (nSPS) is 17.6. The lowest BCUT2D eigenvalue weighted by Gasteiger charge is -2.28. The molecular formula is C32H43BrN2O3. The monoisotopic (exact) mass is 582 g/mol.